The summed E-state index contributed by atoms with van der Waals surface area (Å²) >= 11 is 0. The molecule has 7 heteroatoms. The average molecular weight is 420 g/mol. The molecular formula is C24H24N2O5. The molecule has 160 valence electrons. The number of carbonyl (C=O) groups excluding carboxylic acids is 4. The molecule has 0 aliphatic carbocycles. The highest BCUT2D eigenvalue weighted by Crippen LogP contribution is 2.36. The quantitative estimate of drug-likeness (QED) is 0.747. The number of imide groups is 2. The molecule has 2 aliphatic heterocycles. The van der Waals surface area contributed by atoms with E-state index < -0.39 is 29.7 Å². The molecule has 0 aromatic heterocycles. The number of nitrogens with zero attached hydrogens (tertiary/aromatic N) is 1. The third-order valence-corrected chi connectivity index (χ3v) is 6.18. The van der Waals surface area contributed by atoms with Crippen LogP contribution in [0.25, 0.3) is 0 Å². The second-order valence-corrected chi connectivity index (χ2v) is 8.49. The first-order valence-corrected chi connectivity index (χ1v) is 10.4. The van der Waals surface area contributed by atoms with Gasteiger partial charge < -0.3 is 4.74 Å². The monoisotopic (exact) mass is 420 g/mol. The standard InChI is InChI=1S/C24H24N2O5/c1-4-24(2,3)14-8-10-15(11-9-14)31-18-7-5-6-16-20(18)23(30)26(22(16)29)17-12-13-19(27)25-21(17)28/h5-11,17H,4,12-13H2,1-3H3,(H,25,27,28). The first-order valence-electron chi connectivity index (χ1n) is 10.4. The highest BCUT2D eigenvalue weighted by molar-refractivity contribution is 6.24. The zero-order chi connectivity index (χ0) is 22.3. The summed E-state index contributed by atoms with van der Waals surface area (Å²) in [5.41, 5.74) is 1.54. The largest absolute Gasteiger partial charge is 0.457 e. The molecule has 1 saturated heterocycles. The molecule has 2 aromatic rings. The Morgan fingerprint density at radius 2 is 1.74 bits per heavy atom. The zero-order valence-corrected chi connectivity index (χ0v) is 17.7. The van der Waals surface area contributed by atoms with Crippen LogP contribution in [0.15, 0.2) is 42.5 Å². The van der Waals surface area contributed by atoms with E-state index in [0.29, 0.717) is 5.75 Å². The van der Waals surface area contributed by atoms with Crippen LogP contribution in [0.3, 0.4) is 0 Å². The molecule has 0 radical (unpaired) electrons. The number of carbonyl (C=O) groups is 4. The Balaban J connectivity index is 1.62. The summed E-state index contributed by atoms with van der Waals surface area (Å²) in [6.45, 7) is 6.47. The molecule has 2 heterocycles. The number of amides is 4. The average Bonchev–Trinajstić information content (AvgIpc) is 3.00. The smallest absolute Gasteiger partial charge is 0.266 e. The van der Waals surface area contributed by atoms with Gasteiger partial charge in [-0.05, 0) is 48.1 Å². The van der Waals surface area contributed by atoms with Gasteiger partial charge >= 0.3 is 0 Å². The Morgan fingerprint density at radius 1 is 1.03 bits per heavy atom. The molecule has 1 unspecified atom stereocenters. The molecule has 4 amide bonds. The van der Waals surface area contributed by atoms with Crippen molar-refractivity contribution in [3.05, 3.63) is 59.2 Å². The lowest BCUT2D eigenvalue weighted by molar-refractivity contribution is -0.136. The third kappa shape index (κ3) is 3.60. The number of fused-ring (bicyclic) bond motifs is 1. The van der Waals surface area contributed by atoms with Gasteiger partial charge in [-0.25, -0.2) is 0 Å². The van der Waals surface area contributed by atoms with Gasteiger partial charge in [-0.2, -0.15) is 0 Å². The zero-order valence-electron chi connectivity index (χ0n) is 17.7. The number of rotatable bonds is 5. The Bertz CT molecular complexity index is 1090. The van der Waals surface area contributed by atoms with Crippen molar-refractivity contribution in [1.29, 1.82) is 0 Å². The van der Waals surface area contributed by atoms with Crippen molar-refractivity contribution < 1.29 is 23.9 Å². The first-order chi connectivity index (χ1) is 14.7. The lowest BCUT2D eigenvalue weighted by Gasteiger charge is -2.27. The first kappa shape index (κ1) is 20.8. The van der Waals surface area contributed by atoms with Crippen molar-refractivity contribution in [1.82, 2.24) is 10.2 Å². The van der Waals surface area contributed by atoms with Crippen LogP contribution in [-0.4, -0.2) is 34.6 Å². The van der Waals surface area contributed by atoms with Crippen LogP contribution in [0, 0.1) is 0 Å². The van der Waals surface area contributed by atoms with Crippen molar-refractivity contribution in [3.8, 4) is 11.5 Å². The summed E-state index contributed by atoms with van der Waals surface area (Å²) in [4.78, 5) is 50.7. The highest BCUT2D eigenvalue weighted by atomic mass is 16.5. The summed E-state index contributed by atoms with van der Waals surface area (Å²) in [6, 6.07) is 11.5. The van der Waals surface area contributed by atoms with Gasteiger partial charge in [0.1, 0.15) is 17.5 Å². The molecule has 4 rings (SSSR count). The Kier molecular flexibility index (Phi) is 5.13. The van der Waals surface area contributed by atoms with E-state index in [-0.39, 0.29) is 35.1 Å². The minimum absolute atomic E-state index is 0.0391. The maximum atomic E-state index is 13.1. The molecule has 7 nitrogen and oxygen atoms in total. The van der Waals surface area contributed by atoms with Crippen molar-refractivity contribution in [2.45, 2.75) is 51.5 Å². The summed E-state index contributed by atoms with van der Waals surface area (Å²) in [7, 11) is 0. The second-order valence-electron chi connectivity index (χ2n) is 8.49. The normalized spacial score (nSPS) is 18.8. The molecule has 31 heavy (non-hydrogen) atoms. The minimum Gasteiger partial charge on any atom is -0.457 e. The van der Waals surface area contributed by atoms with Crippen LogP contribution < -0.4 is 10.1 Å². The number of piperidine rings is 1. The van der Waals surface area contributed by atoms with Crippen LogP contribution >= 0.6 is 0 Å². The number of ether oxygens (including phenoxy) is 1. The molecule has 1 N–H and O–H groups in total. The third-order valence-electron chi connectivity index (χ3n) is 6.18. The highest BCUT2D eigenvalue weighted by Gasteiger charge is 2.46. The molecule has 2 aromatic carbocycles. The van der Waals surface area contributed by atoms with Crippen LogP contribution in [0.2, 0.25) is 0 Å². The summed E-state index contributed by atoms with van der Waals surface area (Å²) in [6.07, 6.45) is 1.18. The lowest BCUT2D eigenvalue weighted by atomic mass is 9.82. The molecule has 0 spiro atoms. The van der Waals surface area contributed by atoms with Gasteiger partial charge in [0.2, 0.25) is 11.8 Å². The van der Waals surface area contributed by atoms with Gasteiger partial charge in [-0.15, -0.1) is 0 Å². The van der Waals surface area contributed by atoms with E-state index in [0.717, 1.165) is 11.3 Å². The van der Waals surface area contributed by atoms with Crippen LogP contribution in [0.4, 0.5) is 0 Å². The maximum absolute atomic E-state index is 13.1. The predicted octanol–water partition coefficient (Wildman–Crippen LogP) is 3.57. The number of hydrogen-bond donors (Lipinski definition) is 1. The van der Waals surface area contributed by atoms with Crippen molar-refractivity contribution >= 4 is 23.6 Å². The van der Waals surface area contributed by atoms with E-state index in [4.69, 9.17) is 4.74 Å². The van der Waals surface area contributed by atoms with E-state index in [1.807, 2.05) is 24.3 Å². The van der Waals surface area contributed by atoms with E-state index in [9.17, 15) is 19.2 Å². The summed E-state index contributed by atoms with van der Waals surface area (Å²) < 4.78 is 5.97. The number of hydrogen-bond acceptors (Lipinski definition) is 5. The van der Waals surface area contributed by atoms with Crippen molar-refractivity contribution in [2.24, 2.45) is 0 Å². The Labute approximate surface area is 180 Å². The fourth-order valence-electron chi connectivity index (χ4n) is 3.87. The minimum atomic E-state index is -1.01. The summed E-state index contributed by atoms with van der Waals surface area (Å²) in [5, 5.41) is 2.20. The van der Waals surface area contributed by atoms with Crippen LogP contribution in [0.5, 0.6) is 11.5 Å². The van der Waals surface area contributed by atoms with Crippen molar-refractivity contribution in [2.75, 3.05) is 0 Å². The Morgan fingerprint density at radius 3 is 2.39 bits per heavy atom. The molecule has 0 saturated carbocycles. The molecular weight excluding hydrogens is 396 g/mol. The van der Waals surface area contributed by atoms with Gasteiger partial charge in [0.25, 0.3) is 11.8 Å². The van der Waals surface area contributed by atoms with E-state index >= 15 is 0 Å². The van der Waals surface area contributed by atoms with Gasteiger partial charge in [0, 0.05) is 6.42 Å². The second kappa shape index (κ2) is 7.65. The molecule has 1 fully saturated rings. The molecule has 1 atom stereocenters. The van der Waals surface area contributed by atoms with Crippen LogP contribution in [0.1, 0.15) is 66.3 Å². The maximum Gasteiger partial charge on any atom is 0.266 e. The lowest BCUT2D eigenvalue weighted by Crippen LogP contribution is -2.54. The van der Waals surface area contributed by atoms with Crippen LogP contribution in [-0.2, 0) is 15.0 Å². The fourth-order valence-corrected chi connectivity index (χ4v) is 3.87. The van der Waals surface area contributed by atoms with E-state index in [1.54, 1.807) is 18.2 Å². The van der Waals surface area contributed by atoms with Crippen molar-refractivity contribution in [3.63, 3.8) is 0 Å². The van der Waals surface area contributed by atoms with Gasteiger partial charge in [-0.3, -0.25) is 29.4 Å². The molecule has 0 bridgehead atoms. The number of benzene rings is 2. The van der Waals surface area contributed by atoms with E-state index in [1.165, 1.54) is 5.56 Å². The fraction of sp³-hybridized carbons (Fsp3) is 0.333. The summed E-state index contributed by atoms with van der Waals surface area (Å²) in [5.74, 6) is -1.38. The van der Waals surface area contributed by atoms with Gasteiger partial charge in [0.05, 0.1) is 11.1 Å². The molecule has 2 aliphatic rings. The van der Waals surface area contributed by atoms with Gasteiger partial charge in [-0.1, -0.05) is 39.0 Å². The Hall–Kier alpha value is -3.48. The predicted molar refractivity (Wildman–Crippen MR) is 113 cm³/mol. The SMILES string of the molecule is CCC(C)(C)c1ccc(Oc2cccc3c2C(=O)N(C2CCC(=O)NC2=O)C3=O)cc1. The van der Waals surface area contributed by atoms with E-state index in [2.05, 4.69) is 26.1 Å². The topological polar surface area (TPSA) is 92.8 Å². The van der Waals surface area contributed by atoms with Gasteiger partial charge in [0.15, 0.2) is 0 Å². The number of nitrogens with one attached hydrogen (secondary N) is 1.